The molecule has 0 bridgehead atoms. The first kappa shape index (κ1) is 9.98. The Balaban J connectivity index is 2.35. The lowest BCUT2D eigenvalue weighted by Crippen LogP contribution is -1.86. The van der Waals surface area contributed by atoms with E-state index in [1.807, 2.05) is 12.1 Å². The van der Waals surface area contributed by atoms with Gasteiger partial charge in [-0.25, -0.2) is 0 Å². The molecule has 1 heterocycles. The van der Waals surface area contributed by atoms with Crippen LogP contribution in [0.2, 0.25) is 0 Å². The molecule has 4 heteroatoms. The summed E-state index contributed by atoms with van der Waals surface area (Å²) in [4.78, 5) is 0.773. The minimum absolute atomic E-state index is 0.105. The van der Waals surface area contributed by atoms with Gasteiger partial charge in [-0.05, 0) is 12.1 Å². The van der Waals surface area contributed by atoms with Crippen molar-refractivity contribution in [2.45, 2.75) is 4.90 Å². The van der Waals surface area contributed by atoms with Crippen molar-refractivity contribution >= 4 is 10.8 Å². The molecule has 0 aliphatic rings. The standard InChI is InChI=1S/C11H10O3S/c1-15(13)10-4-2-8(3-5-10)11-6-9(12)7-14-11/h2-7,12H,1H3. The van der Waals surface area contributed by atoms with E-state index >= 15 is 0 Å². The minimum atomic E-state index is -0.968. The van der Waals surface area contributed by atoms with E-state index in [-0.39, 0.29) is 5.75 Å². The molecule has 15 heavy (non-hydrogen) atoms. The maximum atomic E-state index is 11.1. The van der Waals surface area contributed by atoms with E-state index in [1.54, 1.807) is 18.4 Å². The van der Waals surface area contributed by atoms with Gasteiger partial charge in [0.25, 0.3) is 0 Å². The lowest BCUT2D eigenvalue weighted by atomic mass is 10.2. The normalized spacial score (nSPS) is 12.6. The zero-order valence-electron chi connectivity index (χ0n) is 8.14. The Morgan fingerprint density at radius 2 is 1.93 bits per heavy atom. The summed E-state index contributed by atoms with van der Waals surface area (Å²) in [5.41, 5.74) is 0.851. The number of rotatable bonds is 2. The summed E-state index contributed by atoms with van der Waals surface area (Å²) in [7, 11) is -0.968. The fourth-order valence-electron chi connectivity index (χ4n) is 1.29. The summed E-state index contributed by atoms with van der Waals surface area (Å²) in [6, 6.07) is 8.73. The van der Waals surface area contributed by atoms with Gasteiger partial charge in [-0.15, -0.1) is 0 Å². The molecule has 1 unspecified atom stereocenters. The van der Waals surface area contributed by atoms with Gasteiger partial charge in [0.2, 0.25) is 0 Å². The van der Waals surface area contributed by atoms with Crippen molar-refractivity contribution in [3.8, 4) is 17.1 Å². The first-order valence-electron chi connectivity index (χ1n) is 4.38. The van der Waals surface area contributed by atoms with Crippen LogP contribution in [-0.2, 0) is 10.8 Å². The second-order valence-electron chi connectivity index (χ2n) is 3.15. The zero-order chi connectivity index (χ0) is 10.8. The molecule has 0 saturated heterocycles. The molecule has 1 aromatic heterocycles. The van der Waals surface area contributed by atoms with E-state index in [4.69, 9.17) is 9.52 Å². The third-order valence-electron chi connectivity index (χ3n) is 2.06. The van der Waals surface area contributed by atoms with E-state index in [2.05, 4.69) is 0 Å². The number of furan rings is 1. The van der Waals surface area contributed by atoms with Gasteiger partial charge >= 0.3 is 0 Å². The van der Waals surface area contributed by atoms with Crippen molar-refractivity contribution in [1.29, 1.82) is 0 Å². The first-order chi connectivity index (χ1) is 7.16. The van der Waals surface area contributed by atoms with Crippen molar-refractivity contribution in [1.82, 2.24) is 0 Å². The third kappa shape index (κ3) is 2.10. The highest BCUT2D eigenvalue weighted by atomic mass is 32.2. The fourth-order valence-corrected chi connectivity index (χ4v) is 1.81. The number of aromatic hydroxyl groups is 1. The van der Waals surface area contributed by atoms with Gasteiger partial charge < -0.3 is 9.52 Å². The van der Waals surface area contributed by atoms with Crippen LogP contribution in [0.5, 0.6) is 5.75 Å². The average molecular weight is 222 g/mol. The van der Waals surface area contributed by atoms with Crippen LogP contribution in [0.15, 0.2) is 45.9 Å². The highest BCUT2D eigenvalue weighted by Gasteiger charge is 2.04. The van der Waals surface area contributed by atoms with Gasteiger partial charge in [-0.3, -0.25) is 4.21 Å². The van der Waals surface area contributed by atoms with Crippen molar-refractivity contribution < 1.29 is 13.7 Å². The average Bonchev–Trinajstić information content (AvgIpc) is 2.65. The molecule has 0 amide bonds. The Kier molecular flexibility index (Phi) is 2.60. The summed E-state index contributed by atoms with van der Waals surface area (Å²) >= 11 is 0. The molecule has 2 rings (SSSR count). The molecule has 0 spiro atoms. The predicted molar refractivity (Wildman–Crippen MR) is 58.1 cm³/mol. The van der Waals surface area contributed by atoms with Crippen molar-refractivity contribution in [2.75, 3.05) is 6.26 Å². The second kappa shape index (κ2) is 3.90. The molecule has 2 aromatic rings. The van der Waals surface area contributed by atoms with Crippen molar-refractivity contribution in [3.05, 3.63) is 36.6 Å². The third-order valence-corrected chi connectivity index (χ3v) is 2.99. The second-order valence-corrected chi connectivity index (χ2v) is 4.53. The van der Waals surface area contributed by atoms with Crippen LogP contribution in [0.4, 0.5) is 0 Å². The largest absolute Gasteiger partial charge is 0.505 e. The quantitative estimate of drug-likeness (QED) is 0.848. The molecule has 1 atom stereocenters. The fraction of sp³-hybridized carbons (Fsp3) is 0.0909. The number of benzene rings is 1. The summed E-state index contributed by atoms with van der Waals surface area (Å²) in [5, 5.41) is 9.11. The van der Waals surface area contributed by atoms with Crippen LogP contribution in [-0.4, -0.2) is 15.6 Å². The van der Waals surface area contributed by atoms with Crippen LogP contribution in [0.3, 0.4) is 0 Å². The summed E-state index contributed by atoms with van der Waals surface area (Å²) < 4.78 is 16.3. The van der Waals surface area contributed by atoms with Gasteiger partial charge in [0.05, 0.1) is 0 Å². The molecule has 0 saturated carbocycles. The summed E-state index contributed by atoms with van der Waals surface area (Å²) in [6.45, 7) is 0. The van der Waals surface area contributed by atoms with Crippen LogP contribution in [0.1, 0.15) is 0 Å². The molecule has 0 fully saturated rings. The Hall–Kier alpha value is -1.55. The smallest absolute Gasteiger partial charge is 0.154 e. The Morgan fingerprint density at radius 3 is 2.40 bits per heavy atom. The Labute approximate surface area is 89.8 Å². The molecule has 0 aliphatic carbocycles. The van der Waals surface area contributed by atoms with Gasteiger partial charge in [-0.2, -0.15) is 0 Å². The topological polar surface area (TPSA) is 50.4 Å². The van der Waals surface area contributed by atoms with Crippen molar-refractivity contribution in [2.24, 2.45) is 0 Å². The SMILES string of the molecule is CS(=O)c1ccc(-c2cc(O)co2)cc1. The van der Waals surface area contributed by atoms with Crippen LogP contribution in [0, 0.1) is 0 Å². The summed E-state index contributed by atoms with van der Waals surface area (Å²) in [5.74, 6) is 0.703. The van der Waals surface area contributed by atoms with Gasteiger partial charge in [0.15, 0.2) is 5.75 Å². The molecule has 78 valence electrons. The first-order valence-corrected chi connectivity index (χ1v) is 5.94. The van der Waals surface area contributed by atoms with Crippen LogP contribution >= 0.6 is 0 Å². The van der Waals surface area contributed by atoms with Gasteiger partial charge in [0.1, 0.15) is 12.0 Å². The van der Waals surface area contributed by atoms with Crippen LogP contribution < -0.4 is 0 Å². The Morgan fingerprint density at radius 1 is 1.27 bits per heavy atom. The number of hydrogen-bond donors (Lipinski definition) is 1. The monoisotopic (exact) mass is 222 g/mol. The highest BCUT2D eigenvalue weighted by molar-refractivity contribution is 7.84. The minimum Gasteiger partial charge on any atom is -0.505 e. The molecular formula is C11H10O3S. The maximum absolute atomic E-state index is 11.1. The lowest BCUT2D eigenvalue weighted by molar-refractivity contribution is 0.459. The molecule has 3 nitrogen and oxygen atoms in total. The maximum Gasteiger partial charge on any atom is 0.154 e. The van der Waals surface area contributed by atoms with E-state index in [0.717, 1.165) is 10.5 Å². The molecule has 0 aliphatic heterocycles. The van der Waals surface area contributed by atoms with E-state index < -0.39 is 10.8 Å². The molecule has 1 aromatic carbocycles. The lowest BCUT2D eigenvalue weighted by Gasteiger charge is -1.98. The predicted octanol–water partition coefficient (Wildman–Crippen LogP) is 2.39. The van der Waals surface area contributed by atoms with E-state index in [0.29, 0.717) is 5.76 Å². The van der Waals surface area contributed by atoms with Crippen molar-refractivity contribution in [3.63, 3.8) is 0 Å². The molecule has 1 N–H and O–H groups in total. The number of hydrogen-bond acceptors (Lipinski definition) is 3. The Bertz CT molecular complexity index is 485. The van der Waals surface area contributed by atoms with E-state index in [9.17, 15) is 4.21 Å². The van der Waals surface area contributed by atoms with Gasteiger partial charge in [0, 0.05) is 33.6 Å². The summed E-state index contributed by atoms with van der Waals surface area (Å²) in [6.07, 6.45) is 2.91. The molecular weight excluding hydrogens is 212 g/mol. The molecule has 0 radical (unpaired) electrons. The zero-order valence-corrected chi connectivity index (χ0v) is 8.95. The van der Waals surface area contributed by atoms with Crippen LogP contribution in [0.25, 0.3) is 11.3 Å². The highest BCUT2D eigenvalue weighted by Crippen LogP contribution is 2.25. The van der Waals surface area contributed by atoms with Gasteiger partial charge in [-0.1, -0.05) is 12.1 Å². The van der Waals surface area contributed by atoms with E-state index in [1.165, 1.54) is 12.3 Å².